The van der Waals surface area contributed by atoms with Crippen LogP contribution in [-0.2, 0) is 14.8 Å². The second kappa shape index (κ2) is 7.25. The quantitative estimate of drug-likeness (QED) is 0.815. The Morgan fingerprint density at radius 1 is 1.09 bits per heavy atom. The molecule has 0 radical (unpaired) electrons. The van der Waals surface area contributed by atoms with Gasteiger partial charge in [0.15, 0.2) is 0 Å². The highest BCUT2D eigenvalue weighted by atomic mass is 79.9. The fraction of sp³-hybridized carbons (Fsp3) is 0.188. The molecule has 0 saturated heterocycles. The standard InChI is InChI=1S/C16H17BrN2O3S/c1-11-6-7-15(8-12(11)2)23(21,22)18-10-16(20)19-14-5-3-4-13(17)9-14/h3-9,18H,10H2,1-2H3,(H,19,20). The highest BCUT2D eigenvalue weighted by Crippen LogP contribution is 2.16. The zero-order chi connectivity index (χ0) is 17.0. The molecule has 0 saturated carbocycles. The van der Waals surface area contributed by atoms with E-state index in [1.807, 2.05) is 19.9 Å². The molecular formula is C16H17BrN2O3S. The molecule has 0 fully saturated rings. The Bertz CT molecular complexity index is 835. The van der Waals surface area contributed by atoms with Gasteiger partial charge in [-0.25, -0.2) is 13.1 Å². The average Bonchev–Trinajstić information content (AvgIpc) is 2.48. The third-order valence-electron chi connectivity index (χ3n) is 3.32. The van der Waals surface area contributed by atoms with Gasteiger partial charge in [0.2, 0.25) is 15.9 Å². The first-order chi connectivity index (χ1) is 10.8. The zero-order valence-corrected chi connectivity index (χ0v) is 15.2. The van der Waals surface area contributed by atoms with Crippen LogP contribution in [0.25, 0.3) is 0 Å². The molecule has 0 bridgehead atoms. The van der Waals surface area contributed by atoms with Crippen LogP contribution in [0.1, 0.15) is 11.1 Å². The Balaban J connectivity index is 2.01. The number of rotatable bonds is 5. The molecule has 0 aliphatic heterocycles. The minimum atomic E-state index is -3.72. The van der Waals surface area contributed by atoms with E-state index >= 15 is 0 Å². The predicted octanol–water partition coefficient (Wildman–Crippen LogP) is 2.98. The van der Waals surface area contributed by atoms with Crippen molar-refractivity contribution < 1.29 is 13.2 Å². The number of nitrogens with one attached hydrogen (secondary N) is 2. The van der Waals surface area contributed by atoms with Crippen molar-refractivity contribution in [3.63, 3.8) is 0 Å². The molecule has 0 atom stereocenters. The number of hydrogen-bond donors (Lipinski definition) is 2. The van der Waals surface area contributed by atoms with Gasteiger partial charge in [0.1, 0.15) is 0 Å². The molecule has 7 heteroatoms. The number of hydrogen-bond acceptors (Lipinski definition) is 3. The molecule has 0 spiro atoms. The van der Waals surface area contributed by atoms with Gasteiger partial charge in [-0.3, -0.25) is 4.79 Å². The van der Waals surface area contributed by atoms with Gasteiger partial charge in [0.25, 0.3) is 0 Å². The topological polar surface area (TPSA) is 75.3 Å². The minimum absolute atomic E-state index is 0.149. The highest BCUT2D eigenvalue weighted by molar-refractivity contribution is 9.10. The number of halogens is 1. The molecule has 1 amide bonds. The SMILES string of the molecule is Cc1ccc(S(=O)(=O)NCC(=O)Nc2cccc(Br)c2)cc1C. The number of aryl methyl sites for hydroxylation is 2. The van der Waals surface area contributed by atoms with E-state index in [9.17, 15) is 13.2 Å². The van der Waals surface area contributed by atoms with Crippen LogP contribution in [0.15, 0.2) is 51.8 Å². The maximum atomic E-state index is 12.2. The average molecular weight is 397 g/mol. The largest absolute Gasteiger partial charge is 0.325 e. The van der Waals surface area contributed by atoms with Crippen LogP contribution < -0.4 is 10.0 Å². The van der Waals surface area contributed by atoms with E-state index in [0.717, 1.165) is 15.6 Å². The first-order valence-electron chi connectivity index (χ1n) is 6.90. The Morgan fingerprint density at radius 3 is 2.48 bits per heavy atom. The normalized spacial score (nSPS) is 11.3. The van der Waals surface area contributed by atoms with E-state index in [1.165, 1.54) is 6.07 Å². The van der Waals surface area contributed by atoms with E-state index in [1.54, 1.807) is 30.3 Å². The summed E-state index contributed by atoms with van der Waals surface area (Å²) in [6, 6.07) is 11.9. The van der Waals surface area contributed by atoms with Crippen molar-refractivity contribution in [2.45, 2.75) is 18.7 Å². The van der Waals surface area contributed by atoms with Crippen molar-refractivity contribution in [1.82, 2.24) is 4.72 Å². The van der Waals surface area contributed by atoms with Crippen LogP contribution in [0.3, 0.4) is 0 Å². The molecular weight excluding hydrogens is 380 g/mol. The van der Waals surface area contributed by atoms with Crippen LogP contribution in [0.2, 0.25) is 0 Å². The lowest BCUT2D eigenvalue weighted by atomic mass is 10.1. The van der Waals surface area contributed by atoms with Gasteiger partial charge in [-0.1, -0.05) is 28.1 Å². The molecule has 0 heterocycles. The molecule has 2 N–H and O–H groups in total. The smallest absolute Gasteiger partial charge is 0.241 e. The van der Waals surface area contributed by atoms with Gasteiger partial charge in [-0.2, -0.15) is 0 Å². The van der Waals surface area contributed by atoms with Gasteiger partial charge < -0.3 is 5.32 Å². The number of anilines is 1. The number of sulfonamides is 1. The Kier molecular flexibility index (Phi) is 5.56. The monoisotopic (exact) mass is 396 g/mol. The summed E-state index contributed by atoms with van der Waals surface area (Å²) in [4.78, 5) is 12.0. The van der Waals surface area contributed by atoms with Gasteiger partial charge in [0.05, 0.1) is 11.4 Å². The Hall–Kier alpha value is -1.70. The van der Waals surface area contributed by atoms with E-state index in [2.05, 4.69) is 26.0 Å². The Labute approximate surface area is 144 Å². The van der Waals surface area contributed by atoms with Gasteiger partial charge in [-0.05, 0) is 55.3 Å². The molecule has 5 nitrogen and oxygen atoms in total. The third kappa shape index (κ3) is 4.89. The Morgan fingerprint density at radius 2 is 1.83 bits per heavy atom. The predicted molar refractivity (Wildman–Crippen MR) is 93.9 cm³/mol. The number of carbonyl (C=O) groups is 1. The van der Waals surface area contributed by atoms with Crippen LogP contribution in [0.4, 0.5) is 5.69 Å². The number of amides is 1. The minimum Gasteiger partial charge on any atom is -0.325 e. The number of benzene rings is 2. The third-order valence-corrected chi connectivity index (χ3v) is 5.21. The van der Waals surface area contributed by atoms with Crippen LogP contribution in [-0.4, -0.2) is 20.9 Å². The van der Waals surface area contributed by atoms with E-state index in [-0.39, 0.29) is 11.4 Å². The molecule has 0 aliphatic carbocycles. The summed E-state index contributed by atoms with van der Waals surface area (Å²) in [7, 11) is -3.72. The van der Waals surface area contributed by atoms with Crippen molar-refractivity contribution in [3.8, 4) is 0 Å². The van der Waals surface area contributed by atoms with Crippen LogP contribution in [0.5, 0.6) is 0 Å². The van der Waals surface area contributed by atoms with E-state index < -0.39 is 15.9 Å². The van der Waals surface area contributed by atoms with Gasteiger partial charge >= 0.3 is 0 Å². The maximum absolute atomic E-state index is 12.2. The first kappa shape index (κ1) is 17.7. The molecule has 122 valence electrons. The summed E-state index contributed by atoms with van der Waals surface area (Å²) in [5.41, 5.74) is 2.48. The van der Waals surface area contributed by atoms with E-state index in [4.69, 9.17) is 0 Å². The second-order valence-electron chi connectivity index (χ2n) is 5.13. The first-order valence-corrected chi connectivity index (χ1v) is 9.18. The van der Waals surface area contributed by atoms with Crippen LogP contribution >= 0.6 is 15.9 Å². The summed E-state index contributed by atoms with van der Waals surface area (Å²) >= 11 is 3.30. The fourth-order valence-corrected chi connectivity index (χ4v) is 3.36. The lowest BCUT2D eigenvalue weighted by molar-refractivity contribution is -0.115. The van der Waals surface area contributed by atoms with Crippen molar-refractivity contribution in [2.24, 2.45) is 0 Å². The summed E-state index contributed by atoms with van der Waals surface area (Å²) in [5.74, 6) is -0.435. The van der Waals surface area contributed by atoms with Crippen molar-refractivity contribution in [2.75, 3.05) is 11.9 Å². The molecule has 0 aromatic heterocycles. The summed E-state index contributed by atoms with van der Waals surface area (Å²) in [6.45, 7) is 3.42. The lowest BCUT2D eigenvalue weighted by Gasteiger charge is -2.09. The second-order valence-corrected chi connectivity index (χ2v) is 7.81. The molecule has 2 aromatic rings. The summed E-state index contributed by atoms with van der Waals surface area (Å²) in [6.07, 6.45) is 0. The summed E-state index contributed by atoms with van der Waals surface area (Å²) < 4.78 is 27.5. The fourth-order valence-electron chi connectivity index (χ4n) is 1.90. The van der Waals surface area contributed by atoms with Crippen molar-refractivity contribution >= 4 is 37.5 Å². The highest BCUT2D eigenvalue weighted by Gasteiger charge is 2.16. The van der Waals surface area contributed by atoms with Gasteiger partial charge in [-0.15, -0.1) is 0 Å². The van der Waals surface area contributed by atoms with Crippen LogP contribution in [0, 0.1) is 13.8 Å². The maximum Gasteiger partial charge on any atom is 0.241 e. The summed E-state index contributed by atoms with van der Waals surface area (Å²) in [5, 5.41) is 2.63. The molecule has 2 rings (SSSR count). The van der Waals surface area contributed by atoms with Crippen molar-refractivity contribution in [1.29, 1.82) is 0 Å². The molecule has 2 aromatic carbocycles. The molecule has 23 heavy (non-hydrogen) atoms. The zero-order valence-electron chi connectivity index (χ0n) is 12.8. The lowest BCUT2D eigenvalue weighted by Crippen LogP contribution is -2.32. The van der Waals surface area contributed by atoms with Crippen molar-refractivity contribution in [3.05, 3.63) is 58.1 Å². The molecule has 0 unspecified atom stereocenters. The molecule has 0 aliphatic rings. The number of carbonyl (C=O) groups excluding carboxylic acids is 1. The van der Waals surface area contributed by atoms with E-state index in [0.29, 0.717) is 5.69 Å². The van der Waals surface area contributed by atoms with Gasteiger partial charge in [0, 0.05) is 10.2 Å².